The third-order valence-electron chi connectivity index (χ3n) is 4.58. The summed E-state index contributed by atoms with van der Waals surface area (Å²) in [4.78, 5) is 4.81. The van der Waals surface area contributed by atoms with Crippen molar-refractivity contribution in [3.8, 4) is 11.5 Å². The molecule has 4 heteroatoms. The van der Waals surface area contributed by atoms with Crippen LogP contribution < -0.4 is 9.47 Å². The maximum atomic E-state index is 6.24. The summed E-state index contributed by atoms with van der Waals surface area (Å²) in [5.41, 5.74) is 3.92. The van der Waals surface area contributed by atoms with Gasteiger partial charge in [0, 0.05) is 15.4 Å². The molecule has 0 saturated heterocycles. The van der Waals surface area contributed by atoms with Gasteiger partial charge >= 0.3 is 0 Å². The molecule has 1 heterocycles. The van der Waals surface area contributed by atoms with E-state index in [1.807, 2.05) is 67.6 Å². The quantitative estimate of drug-likeness (QED) is 0.349. The highest BCUT2D eigenvalue weighted by atomic mass is 79.9. The molecule has 4 aromatic rings. The zero-order chi connectivity index (χ0) is 19.3. The van der Waals surface area contributed by atoms with E-state index in [2.05, 4.69) is 34.1 Å². The molecule has 0 bridgehead atoms. The van der Waals surface area contributed by atoms with Crippen molar-refractivity contribution in [2.75, 3.05) is 0 Å². The van der Waals surface area contributed by atoms with Crippen molar-refractivity contribution in [1.29, 1.82) is 0 Å². The van der Waals surface area contributed by atoms with Crippen LogP contribution in [0.4, 0.5) is 0 Å². The second-order valence-electron chi connectivity index (χ2n) is 6.55. The predicted molar refractivity (Wildman–Crippen MR) is 116 cm³/mol. The highest BCUT2D eigenvalue weighted by molar-refractivity contribution is 9.10. The summed E-state index contributed by atoms with van der Waals surface area (Å²) in [6.45, 7) is 2.94. The Hall–Kier alpha value is -2.85. The molecule has 0 aliphatic rings. The summed E-state index contributed by atoms with van der Waals surface area (Å²) in [6, 6.07) is 26.1. The number of benzene rings is 3. The Morgan fingerprint density at radius 1 is 0.821 bits per heavy atom. The van der Waals surface area contributed by atoms with Gasteiger partial charge in [-0.05, 0) is 42.8 Å². The number of para-hydroxylation sites is 1. The fourth-order valence-electron chi connectivity index (χ4n) is 3.09. The number of hydrogen-bond donors (Lipinski definition) is 0. The molecule has 28 heavy (non-hydrogen) atoms. The Balaban J connectivity index is 1.64. The van der Waals surface area contributed by atoms with Crippen molar-refractivity contribution in [1.82, 2.24) is 4.98 Å². The molecule has 0 spiro atoms. The van der Waals surface area contributed by atoms with Gasteiger partial charge in [0.05, 0.1) is 11.2 Å². The van der Waals surface area contributed by atoms with Crippen LogP contribution in [0.25, 0.3) is 10.9 Å². The van der Waals surface area contributed by atoms with Gasteiger partial charge in [-0.3, -0.25) is 0 Å². The van der Waals surface area contributed by atoms with E-state index in [1.54, 1.807) is 0 Å². The largest absolute Gasteiger partial charge is 0.488 e. The molecule has 0 saturated carbocycles. The minimum atomic E-state index is 0.384. The van der Waals surface area contributed by atoms with Gasteiger partial charge in [-0.25, -0.2) is 4.98 Å². The van der Waals surface area contributed by atoms with E-state index in [-0.39, 0.29) is 0 Å². The number of halogens is 1. The molecule has 0 unspecified atom stereocenters. The smallest absolute Gasteiger partial charge is 0.134 e. The molecule has 140 valence electrons. The van der Waals surface area contributed by atoms with Gasteiger partial charge in [-0.15, -0.1) is 0 Å². The van der Waals surface area contributed by atoms with Gasteiger partial charge in [0.15, 0.2) is 0 Å². The van der Waals surface area contributed by atoms with Crippen LogP contribution in [0, 0.1) is 6.92 Å². The van der Waals surface area contributed by atoms with Gasteiger partial charge in [0.25, 0.3) is 0 Å². The van der Waals surface area contributed by atoms with Crippen molar-refractivity contribution in [2.24, 2.45) is 0 Å². The lowest BCUT2D eigenvalue weighted by molar-refractivity contribution is 0.291. The second-order valence-corrected chi connectivity index (χ2v) is 7.47. The highest BCUT2D eigenvalue weighted by Crippen LogP contribution is 2.31. The molecule has 0 radical (unpaired) electrons. The maximum Gasteiger partial charge on any atom is 0.134 e. The number of rotatable bonds is 6. The Labute approximate surface area is 173 Å². The average Bonchev–Trinajstić information content (AvgIpc) is 2.72. The highest BCUT2D eigenvalue weighted by Gasteiger charge is 2.14. The van der Waals surface area contributed by atoms with E-state index in [1.165, 1.54) is 0 Å². The van der Waals surface area contributed by atoms with Crippen molar-refractivity contribution in [2.45, 2.75) is 20.1 Å². The number of fused-ring (bicyclic) bond motifs is 1. The SMILES string of the molecule is Cc1c(COc2cccc(Br)c2)nc2ccccc2c1OCc1ccccc1. The monoisotopic (exact) mass is 433 g/mol. The van der Waals surface area contributed by atoms with E-state index in [4.69, 9.17) is 14.5 Å². The van der Waals surface area contributed by atoms with Crippen LogP contribution in [0.2, 0.25) is 0 Å². The summed E-state index contributed by atoms with van der Waals surface area (Å²) in [7, 11) is 0. The van der Waals surface area contributed by atoms with Gasteiger partial charge in [0.2, 0.25) is 0 Å². The lowest BCUT2D eigenvalue weighted by atomic mass is 10.1. The van der Waals surface area contributed by atoms with Gasteiger partial charge in [-0.2, -0.15) is 0 Å². The molecular weight excluding hydrogens is 414 g/mol. The first kappa shape index (κ1) is 18.5. The van der Waals surface area contributed by atoms with Crippen molar-refractivity contribution in [3.05, 3.63) is 100 Å². The van der Waals surface area contributed by atoms with E-state index < -0.39 is 0 Å². The van der Waals surface area contributed by atoms with Crippen molar-refractivity contribution >= 4 is 26.8 Å². The van der Waals surface area contributed by atoms with Crippen LogP contribution in [-0.4, -0.2) is 4.98 Å². The molecule has 4 rings (SSSR count). The van der Waals surface area contributed by atoms with E-state index in [9.17, 15) is 0 Å². The fraction of sp³-hybridized carbons (Fsp3) is 0.125. The van der Waals surface area contributed by atoms with Crippen molar-refractivity contribution in [3.63, 3.8) is 0 Å². The zero-order valence-corrected chi connectivity index (χ0v) is 17.1. The second kappa shape index (κ2) is 8.44. The molecular formula is C24H20BrNO2. The molecule has 0 aliphatic carbocycles. The lowest BCUT2D eigenvalue weighted by Crippen LogP contribution is -2.05. The molecule has 1 aromatic heterocycles. The first-order valence-corrected chi connectivity index (χ1v) is 9.93. The topological polar surface area (TPSA) is 31.4 Å². The molecule has 0 amide bonds. The average molecular weight is 434 g/mol. The predicted octanol–water partition coefficient (Wildman–Crippen LogP) is 6.46. The summed E-state index contributed by atoms with van der Waals surface area (Å²) in [5, 5.41) is 1.02. The molecule has 0 aliphatic heterocycles. The minimum absolute atomic E-state index is 0.384. The maximum absolute atomic E-state index is 6.24. The van der Waals surface area contributed by atoms with Gasteiger partial charge in [0.1, 0.15) is 24.7 Å². The lowest BCUT2D eigenvalue weighted by Gasteiger charge is -2.16. The van der Waals surface area contributed by atoms with Crippen LogP contribution in [0.3, 0.4) is 0 Å². The number of ether oxygens (including phenoxy) is 2. The zero-order valence-electron chi connectivity index (χ0n) is 15.6. The van der Waals surface area contributed by atoms with Gasteiger partial charge < -0.3 is 9.47 Å². The summed E-state index contributed by atoms with van der Waals surface area (Å²) in [6.07, 6.45) is 0. The van der Waals surface area contributed by atoms with E-state index in [0.29, 0.717) is 13.2 Å². The van der Waals surface area contributed by atoms with Crippen LogP contribution in [-0.2, 0) is 13.2 Å². The first-order valence-electron chi connectivity index (χ1n) is 9.14. The Morgan fingerprint density at radius 3 is 2.43 bits per heavy atom. The van der Waals surface area contributed by atoms with E-state index in [0.717, 1.165) is 43.7 Å². The molecule has 3 nitrogen and oxygen atoms in total. The fourth-order valence-corrected chi connectivity index (χ4v) is 3.47. The van der Waals surface area contributed by atoms with Crippen LogP contribution in [0.5, 0.6) is 11.5 Å². The van der Waals surface area contributed by atoms with Crippen molar-refractivity contribution < 1.29 is 9.47 Å². The summed E-state index contributed by atoms with van der Waals surface area (Å²) >= 11 is 3.47. The Kier molecular flexibility index (Phi) is 5.58. The third-order valence-corrected chi connectivity index (χ3v) is 5.07. The minimum Gasteiger partial charge on any atom is -0.488 e. The van der Waals surface area contributed by atoms with Crippen LogP contribution in [0.1, 0.15) is 16.8 Å². The molecule has 0 fully saturated rings. The normalized spacial score (nSPS) is 10.8. The van der Waals surface area contributed by atoms with E-state index >= 15 is 0 Å². The number of pyridine rings is 1. The molecule has 0 atom stereocenters. The molecule has 0 N–H and O–H groups in total. The van der Waals surface area contributed by atoms with Gasteiger partial charge in [-0.1, -0.05) is 64.5 Å². The Morgan fingerprint density at radius 2 is 1.61 bits per heavy atom. The number of hydrogen-bond acceptors (Lipinski definition) is 3. The summed E-state index contributed by atoms with van der Waals surface area (Å²) in [5.74, 6) is 1.66. The number of aromatic nitrogens is 1. The standard InChI is InChI=1S/C24H20BrNO2/c1-17-23(16-27-20-11-7-10-19(25)14-20)26-22-13-6-5-12-21(22)24(17)28-15-18-8-3-2-4-9-18/h2-14H,15-16H2,1H3. The first-order chi connectivity index (χ1) is 13.7. The van der Waals surface area contributed by atoms with Crippen LogP contribution >= 0.6 is 15.9 Å². The third kappa shape index (κ3) is 4.18. The summed E-state index contributed by atoms with van der Waals surface area (Å²) < 4.78 is 13.2. The Bertz CT molecular complexity index is 1100. The molecule has 3 aromatic carbocycles. The number of nitrogens with zero attached hydrogens (tertiary/aromatic N) is 1. The van der Waals surface area contributed by atoms with Crippen LogP contribution in [0.15, 0.2) is 83.3 Å².